The van der Waals surface area contributed by atoms with Crippen LogP contribution in [0.5, 0.6) is 0 Å². The fourth-order valence-corrected chi connectivity index (χ4v) is 3.56. The summed E-state index contributed by atoms with van der Waals surface area (Å²) in [6, 6.07) is 12.0. The summed E-state index contributed by atoms with van der Waals surface area (Å²) in [5.41, 5.74) is 4.01. The van der Waals surface area contributed by atoms with Crippen LogP contribution in [0.25, 0.3) is 16.7 Å². The summed E-state index contributed by atoms with van der Waals surface area (Å²) in [5, 5.41) is 3.00. The maximum atomic E-state index is 12.2. The molecular weight excluding hydrogens is 344 g/mol. The summed E-state index contributed by atoms with van der Waals surface area (Å²) >= 11 is 0. The molecule has 1 N–H and O–H groups in total. The number of aryl methyl sites for hydroxylation is 1. The second-order valence-corrected chi connectivity index (χ2v) is 6.95. The van der Waals surface area contributed by atoms with E-state index >= 15 is 0 Å². The Kier molecular flexibility index (Phi) is 3.71. The van der Waals surface area contributed by atoms with Crippen LogP contribution in [0.15, 0.2) is 45.6 Å². The number of hydrogen-bond donors (Lipinski definition) is 1. The van der Waals surface area contributed by atoms with Crippen molar-refractivity contribution in [1.82, 2.24) is 24.5 Å². The van der Waals surface area contributed by atoms with Crippen molar-refractivity contribution in [2.24, 2.45) is 0 Å². The van der Waals surface area contributed by atoms with Gasteiger partial charge in [-0.3, -0.25) is 14.8 Å². The van der Waals surface area contributed by atoms with Crippen molar-refractivity contribution in [3.8, 4) is 0 Å². The monoisotopic (exact) mass is 364 g/mol. The first kappa shape index (κ1) is 16.1. The van der Waals surface area contributed by atoms with Gasteiger partial charge in [-0.15, -0.1) is 0 Å². The van der Waals surface area contributed by atoms with Crippen LogP contribution in [-0.2, 0) is 6.54 Å². The third-order valence-corrected chi connectivity index (χ3v) is 4.94. The molecule has 1 aliphatic heterocycles. The minimum atomic E-state index is -0.0757. The van der Waals surface area contributed by atoms with Crippen LogP contribution in [0.2, 0.25) is 0 Å². The molecule has 1 aromatic carbocycles. The number of anilines is 1. The Balaban J connectivity index is 1.28. The third-order valence-electron chi connectivity index (χ3n) is 4.94. The minimum absolute atomic E-state index is 0.0757. The average molecular weight is 364 g/mol. The molecule has 0 amide bonds. The van der Waals surface area contributed by atoms with E-state index in [1.165, 1.54) is 4.52 Å². The van der Waals surface area contributed by atoms with E-state index in [9.17, 15) is 4.79 Å². The molecule has 0 radical (unpaired) electrons. The van der Waals surface area contributed by atoms with Gasteiger partial charge in [0.2, 0.25) is 0 Å². The topological polar surface area (TPSA) is 82.7 Å². The average Bonchev–Trinajstić information content (AvgIpc) is 3.25. The summed E-state index contributed by atoms with van der Waals surface area (Å²) in [4.78, 5) is 25.9. The van der Waals surface area contributed by atoms with E-state index in [-0.39, 0.29) is 5.56 Å². The molecule has 1 fully saturated rings. The number of nitrogens with one attached hydrogen (secondary N) is 1. The summed E-state index contributed by atoms with van der Waals surface area (Å²) in [5.74, 6) is 0. The maximum absolute atomic E-state index is 12.2. The Morgan fingerprint density at radius 2 is 1.93 bits per heavy atom. The highest BCUT2D eigenvalue weighted by Crippen LogP contribution is 2.22. The predicted octanol–water partition coefficient (Wildman–Crippen LogP) is 1.79. The standard InChI is InChI=1S/C19H20N6O2/c1-13-10-17-20-14(11-18(26)25(17)22-13)12-23-6-8-24(9-7-23)19-21-15-4-2-3-5-16(15)27-19/h2-5,10-11,22H,6-9,12H2,1H3. The molecule has 4 heterocycles. The van der Waals surface area contributed by atoms with E-state index in [1.54, 1.807) is 6.07 Å². The molecule has 1 saturated heterocycles. The molecule has 5 rings (SSSR count). The van der Waals surface area contributed by atoms with Gasteiger partial charge in [0.25, 0.3) is 11.6 Å². The maximum Gasteiger partial charge on any atom is 0.298 e. The van der Waals surface area contributed by atoms with E-state index in [2.05, 4.69) is 24.9 Å². The highest BCUT2D eigenvalue weighted by atomic mass is 16.4. The molecule has 8 heteroatoms. The quantitative estimate of drug-likeness (QED) is 0.597. The highest BCUT2D eigenvalue weighted by Gasteiger charge is 2.21. The van der Waals surface area contributed by atoms with E-state index < -0.39 is 0 Å². The SMILES string of the molecule is Cc1cc2nc(CN3CCN(c4nc5ccccc5o4)CC3)cc(=O)n2[nH]1. The zero-order valence-corrected chi connectivity index (χ0v) is 15.1. The number of H-pyrrole nitrogens is 1. The Labute approximate surface area is 155 Å². The van der Waals surface area contributed by atoms with Crippen LogP contribution in [0.3, 0.4) is 0 Å². The van der Waals surface area contributed by atoms with Gasteiger partial charge in [-0.1, -0.05) is 12.1 Å². The van der Waals surface area contributed by atoms with Crippen molar-refractivity contribution >= 4 is 22.8 Å². The van der Waals surface area contributed by atoms with Gasteiger partial charge in [0.05, 0.1) is 5.69 Å². The van der Waals surface area contributed by atoms with E-state index in [4.69, 9.17) is 4.42 Å². The minimum Gasteiger partial charge on any atom is -0.423 e. The van der Waals surface area contributed by atoms with Gasteiger partial charge < -0.3 is 9.32 Å². The van der Waals surface area contributed by atoms with Gasteiger partial charge in [0.15, 0.2) is 11.2 Å². The molecule has 4 aromatic rings. The number of nitrogens with zero attached hydrogens (tertiary/aromatic N) is 5. The Morgan fingerprint density at radius 3 is 2.74 bits per heavy atom. The lowest BCUT2D eigenvalue weighted by molar-refractivity contribution is 0.243. The van der Waals surface area contributed by atoms with E-state index in [0.717, 1.165) is 48.7 Å². The molecule has 27 heavy (non-hydrogen) atoms. The van der Waals surface area contributed by atoms with Crippen molar-refractivity contribution < 1.29 is 4.42 Å². The molecule has 8 nitrogen and oxygen atoms in total. The number of rotatable bonds is 3. The fraction of sp³-hybridized carbons (Fsp3) is 0.316. The normalized spacial score (nSPS) is 15.8. The Hall–Kier alpha value is -3.13. The predicted molar refractivity (Wildman–Crippen MR) is 102 cm³/mol. The first-order chi connectivity index (χ1) is 13.2. The molecule has 0 aliphatic carbocycles. The molecular formula is C19H20N6O2. The number of fused-ring (bicyclic) bond motifs is 2. The molecule has 138 valence electrons. The zero-order chi connectivity index (χ0) is 18.4. The zero-order valence-electron chi connectivity index (χ0n) is 15.1. The summed E-state index contributed by atoms with van der Waals surface area (Å²) in [7, 11) is 0. The van der Waals surface area contributed by atoms with Crippen molar-refractivity contribution in [2.45, 2.75) is 13.5 Å². The fourth-order valence-electron chi connectivity index (χ4n) is 3.56. The number of aromatic nitrogens is 4. The van der Waals surface area contributed by atoms with Crippen molar-refractivity contribution in [2.75, 3.05) is 31.1 Å². The Morgan fingerprint density at radius 1 is 1.11 bits per heavy atom. The van der Waals surface area contributed by atoms with Gasteiger partial charge in [-0.25, -0.2) is 9.50 Å². The lowest BCUT2D eigenvalue weighted by Crippen LogP contribution is -2.46. The van der Waals surface area contributed by atoms with Crippen LogP contribution in [0.1, 0.15) is 11.4 Å². The van der Waals surface area contributed by atoms with Crippen LogP contribution in [0, 0.1) is 6.92 Å². The first-order valence-corrected chi connectivity index (χ1v) is 9.07. The smallest absolute Gasteiger partial charge is 0.298 e. The van der Waals surface area contributed by atoms with Gasteiger partial charge in [0, 0.05) is 50.6 Å². The number of hydrogen-bond acceptors (Lipinski definition) is 6. The number of oxazole rings is 1. The summed E-state index contributed by atoms with van der Waals surface area (Å²) < 4.78 is 7.34. The largest absolute Gasteiger partial charge is 0.423 e. The van der Waals surface area contributed by atoms with Crippen molar-refractivity contribution in [3.63, 3.8) is 0 Å². The second-order valence-electron chi connectivity index (χ2n) is 6.95. The van der Waals surface area contributed by atoms with E-state index in [1.807, 2.05) is 37.3 Å². The molecule has 3 aromatic heterocycles. The molecule has 0 atom stereocenters. The lowest BCUT2D eigenvalue weighted by Gasteiger charge is -2.33. The lowest BCUT2D eigenvalue weighted by atomic mass is 10.3. The third kappa shape index (κ3) is 2.97. The van der Waals surface area contributed by atoms with Gasteiger partial charge in [0.1, 0.15) is 5.52 Å². The summed E-state index contributed by atoms with van der Waals surface area (Å²) in [6.45, 7) is 5.98. The van der Waals surface area contributed by atoms with Gasteiger partial charge >= 0.3 is 0 Å². The van der Waals surface area contributed by atoms with Gasteiger partial charge in [-0.2, -0.15) is 4.98 Å². The number of benzene rings is 1. The second kappa shape index (κ2) is 6.24. The van der Waals surface area contributed by atoms with Crippen LogP contribution in [0.4, 0.5) is 6.01 Å². The molecule has 1 aliphatic rings. The van der Waals surface area contributed by atoms with Gasteiger partial charge in [-0.05, 0) is 19.1 Å². The molecule has 0 bridgehead atoms. The molecule has 0 saturated carbocycles. The van der Waals surface area contributed by atoms with Crippen LogP contribution >= 0.6 is 0 Å². The first-order valence-electron chi connectivity index (χ1n) is 9.07. The van der Waals surface area contributed by atoms with Crippen molar-refractivity contribution in [3.05, 3.63) is 58.1 Å². The van der Waals surface area contributed by atoms with Crippen molar-refractivity contribution in [1.29, 1.82) is 0 Å². The highest BCUT2D eigenvalue weighted by molar-refractivity contribution is 5.74. The van der Waals surface area contributed by atoms with Crippen LogP contribution < -0.4 is 10.5 Å². The Bertz CT molecular complexity index is 1130. The van der Waals surface area contributed by atoms with Crippen LogP contribution in [-0.4, -0.2) is 50.7 Å². The molecule has 0 unspecified atom stereocenters. The number of piperazine rings is 1. The number of aromatic amines is 1. The molecule has 0 spiro atoms. The van der Waals surface area contributed by atoms with E-state index in [0.29, 0.717) is 18.2 Å². The summed E-state index contributed by atoms with van der Waals surface area (Å²) in [6.07, 6.45) is 0. The number of para-hydroxylation sites is 2.